The van der Waals surface area contributed by atoms with Gasteiger partial charge in [0, 0.05) is 30.1 Å². The van der Waals surface area contributed by atoms with Gasteiger partial charge in [-0.25, -0.2) is 4.39 Å². The highest BCUT2D eigenvalue weighted by atomic mass is 35.5. The third kappa shape index (κ3) is 7.61. The first-order valence-electron chi connectivity index (χ1n) is 10.9. The Labute approximate surface area is 206 Å². The van der Waals surface area contributed by atoms with Crippen molar-refractivity contribution in [2.45, 2.75) is 32.2 Å². The molecule has 1 aromatic heterocycles. The first kappa shape index (κ1) is 25.8. The van der Waals surface area contributed by atoms with Crippen molar-refractivity contribution >= 4 is 29.4 Å². The molecule has 2 aromatic carbocycles. The number of halogens is 2. The Morgan fingerprint density at radius 1 is 1.17 bits per heavy atom. The van der Waals surface area contributed by atoms with Crippen LogP contribution in [0.15, 0.2) is 48.7 Å². The summed E-state index contributed by atoms with van der Waals surface area (Å²) in [4.78, 5) is 35.6. The normalized spacial score (nSPS) is 12.5. The zero-order valence-electron chi connectivity index (χ0n) is 18.9. The van der Waals surface area contributed by atoms with Crippen LogP contribution in [0, 0.1) is 11.7 Å². The van der Waals surface area contributed by atoms with Crippen LogP contribution >= 0.6 is 11.6 Å². The molecule has 9 nitrogen and oxygen atoms in total. The molecule has 0 aliphatic heterocycles. The maximum absolute atomic E-state index is 14.2. The summed E-state index contributed by atoms with van der Waals surface area (Å²) in [6.07, 6.45) is 2.00. The number of nitrogens with one attached hydrogen (secondary N) is 3. The maximum Gasteiger partial charge on any atom is 0.306 e. The molecule has 1 heterocycles. The summed E-state index contributed by atoms with van der Waals surface area (Å²) in [6.45, 7) is 1.56. The standard InChI is InChI=1S/C24H25ClFN5O4/c1-14(32)27-9-8-17(24(34)35)11-19(29-23(33)22-13-28-31-30-22)10-15-2-4-16(5-3-15)20-12-18(25)6-7-21(20)26/h2-7,12-13,17,19H,8-11H2,1H3,(H,27,32)(H,29,33)(H,34,35)(H,28,30,31)/t17-,19-/m1/s1. The lowest BCUT2D eigenvalue weighted by molar-refractivity contribution is -0.142. The highest BCUT2D eigenvalue weighted by Gasteiger charge is 2.25. The van der Waals surface area contributed by atoms with Crippen LogP contribution in [0.3, 0.4) is 0 Å². The number of amides is 2. The maximum atomic E-state index is 14.2. The van der Waals surface area contributed by atoms with Crippen LogP contribution in [0.2, 0.25) is 5.02 Å². The second kappa shape index (κ2) is 12.1. The van der Waals surface area contributed by atoms with Crippen LogP contribution in [-0.2, 0) is 16.0 Å². The monoisotopic (exact) mass is 501 g/mol. The molecule has 11 heteroatoms. The Kier molecular flexibility index (Phi) is 8.91. The lowest BCUT2D eigenvalue weighted by atomic mass is 9.92. The van der Waals surface area contributed by atoms with E-state index >= 15 is 0 Å². The molecule has 4 N–H and O–H groups in total. The smallest absolute Gasteiger partial charge is 0.306 e. The minimum atomic E-state index is -1.03. The Morgan fingerprint density at radius 2 is 1.91 bits per heavy atom. The first-order valence-corrected chi connectivity index (χ1v) is 11.3. The fourth-order valence-corrected chi connectivity index (χ4v) is 3.87. The predicted molar refractivity (Wildman–Crippen MR) is 127 cm³/mol. The second-order valence-electron chi connectivity index (χ2n) is 8.10. The summed E-state index contributed by atoms with van der Waals surface area (Å²) in [6, 6.07) is 10.8. The summed E-state index contributed by atoms with van der Waals surface area (Å²) in [5.74, 6) is -2.97. The van der Waals surface area contributed by atoms with Gasteiger partial charge in [0.25, 0.3) is 5.91 Å². The van der Waals surface area contributed by atoms with Gasteiger partial charge < -0.3 is 15.7 Å². The van der Waals surface area contributed by atoms with Crippen molar-refractivity contribution in [1.82, 2.24) is 26.0 Å². The number of nitrogens with zero attached hydrogens (tertiary/aromatic N) is 2. The zero-order chi connectivity index (χ0) is 25.4. The first-order chi connectivity index (χ1) is 16.7. The van der Waals surface area contributed by atoms with Crippen molar-refractivity contribution in [3.63, 3.8) is 0 Å². The minimum Gasteiger partial charge on any atom is -0.481 e. The molecule has 0 bridgehead atoms. The van der Waals surface area contributed by atoms with Crippen molar-refractivity contribution in [2.75, 3.05) is 6.54 Å². The van der Waals surface area contributed by atoms with E-state index < -0.39 is 29.7 Å². The molecule has 0 saturated heterocycles. The Hall–Kier alpha value is -3.79. The fourth-order valence-electron chi connectivity index (χ4n) is 3.70. The van der Waals surface area contributed by atoms with E-state index in [0.717, 1.165) is 5.56 Å². The van der Waals surface area contributed by atoms with Gasteiger partial charge >= 0.3 is 5.97 Å². The van der Waals surface area contributed by atoms with Crippen LogP contribution in [0.25, 0.3) is 11.1 Å². The van der Waals surface area contributed by atoms with E-state index in [0.29, 0.717) is 22.6 Å². The van der Waals surface area contributed by atoms with Crippen molar-refractivity contribution in [3.05, 3.63) is 70.8 Å². The summed E-state index contributed by atoms with van der Waals surface area (Å²) >= 11 is 6.00. The molecule has 0 fully saturated rings. The third-order valence-corrected chi connectivity index (χ3v) is 5.68. The molecule has 2 amide bonds. The molecule has 0 radical (unpaired) electrons. The number of aliphatic carboxylic acids is 1. The highest BCUT2D eigenvalue weighted by molar-refractivity contribution is 6.30. The molecule has 35 heavy (non-hydrogen) atoms. The SMILES string of the molecule is CC(=O)NCC[C@H](C[C@@H](Cc1ccc(-c2cc(Cl)ccc2F)cc1)NC(=O)c1c[nH]nn1)C(=O)O. The number of hydrogen-bond donors (Lipinski definition) is 4. The summed E-state index contributed by atoms with van der Waals surface area (Å²) in [7, 11) is 0. The highest BCUT2D eigenvalue weighted by Crippen LogP contribution is 2.27. The van der Waals surface area contributed by atoms with Gasteiger partial charge in [-0.3, -0.25) is 19.5 Å². The topological polar surface area (TPSA) is 137 Å². The molecular formula is C24H25ClFN5O4. The number of carboxylic acids is 1. The second-order valence-corrected chi connectivity index (χ2v) is 8.53. The van der Waals surface area contributed by atoms with Crippen LogP contribution in [0.1, 0.15) is 35.8 Å². The van der Waals surface area contributed by atoms with Crippen molar-refractivity contribution < 1.29 is 23.9 Å². The Bertz CT molecular complexity index is 1170. The lowest BCUT2D eigenvalue weighted by Crippen LogP contribution is -2.40. The van der Waals surface area contributed by atoms with Crippen molar-refractivity contribution in [2.24, 2.45) is 5.92 Å². The van der Waals surface area contributed by atoms with Gasteiger partial charge in [-0.15, -0.1) is 5.10 Å². The molecule has 0 saturated carbocycles. The van der Waals surface area contributed by atoms with E-state index in [1.54, 1.807) is 30.3 Å². The number of H-pyrrole nitrogens is 1. The van der Waals surface area contributed by atoms with Crippen LogP contribution in [0.5, 0.6) is 0 Å². The largest absolute Gasteiger partial charge is 0.481 e. The molecule has 0 aliphatic rings. The Morgan fingerprint density at radius 3 is 2.54 bits per heavy atom. The van der Waals surface area contributed by atoms with Gasteiger partial charge in [-0.2, -0.15) is 0 Å². The van der Waals surface area contributed by atoms with Gasteiger partial charge in [-0.1, -0.05) is 41.1 Å². The molecule has 3 aromatic rings. The minimum absolute atomic E-state index is 0.0758. The van der Waals surface area contributed by atoms with Gasteiger partial charge in [-0.05, 0) is 48.6 Å². The van der Waals surface area contributed by atoms with Crippen LogP contribution < -0.4 is 10.6 Å². The Balaban J connectivity index is 1.77. The number of benzene rings is 2. The summed E-state index contributed by atoms with van der Waals surface area (Å²) in [5, 5.41) is 25.2. The summed E-state index contributed by atoms with van der Waals surface area (Å²) in [5.41, 5.74) is 1.89. The molecule has 0 spiro atoms. The number of aromatic nitrogens is 3. The van der Waals surface area contributed by atoms with Gasteiger partial charge in [0.15, 0.2) is 5.69 Å². The van der Waals surface area contributed by atoms with Gasteiger partial charge in [0.05, 0.1) is 12.1 Å². The average molecular weight is 502 g/mol. The molecule has 2 atom stereocenters. The van der Waals surface area contributed by atoms with E-state index in [1.807, 2.05) is 0 Å². The van der Waals surface area contributed by atoms with E-state index in [2.05, 4.69) is 26.0 Å². The predicted octanol–water partition coefficient (Wildman–Crippen LogP) is 3.22. The van der Waals surface area contributed by atoms with E-state index in [4.69, 9.17) is 11.6 Å². The van der Waals surface area contributed by atoms with Gasteiger partial charge in [0.1, 0.15) is 5.82 Å². The van der Waals surface area contributed by atoms with Gasteiger partial charge in [0.2, 0.25) is 5.91 Å². The number of aromatic amines is 1. The van der Waals surface area contributed by atoms with E-state index in [1.165, 1.54) is 25.3 Å². The van der Waals surface area contributed by atoms with Crippen molar-refractivity contribution in [3.8, 4) is 11.1 Å². The number of carbonyl (C=O) groups is 3. The van der Waals surface area contributed by atoms with Crippen LogP contribution in [0.4, 0.5) is 4.39 Å². The lowest BCUT2D eigenvalue weighted by Gasteiger charge is -2.22. The molecular weight excluding hydrogens is 477 g/mol. The summed E-state index contributed by atoms with van der Waals surface area (Å²) < 4.78 is 14.2. The molecule has 0 aliphatic carbocycles. The number of carbonyl (C=O) groups excluding carboxylic acids is 2. The van der Waals surface area contributed by atoms with E-state index in [9.17, 15) is 23.9 Å². The molecule has 3 rings (SSSR count). The number of rotatable bonds is 11. The van der Waals surface area contributed by atoms with E-state index in [-0.39, 0.29) is 31.0 Å². The molecule has 0 unspecified atom stereocenters. The number of carboxylic acid groups (broad SMARTS) is 1. The average Bonchev–Trinajstić information content (AvgIpc) is 3.35. The zero-order valence-corrected chi connectivity index (χ0v) is 19.7. The quantitative estimate of drug-likeness (QED) is 0.318. The molecule has 184 valence electrons. The van der Waals surface area contributed by atoms with Crippen molar-refractivity contribution in [1.29, 1.82) is 0 Å². The fraction of sp³-hybridized carbons (Fsp3) is 0.292. The third-order valence-electron chi connectivity index (χ3n) is 5.45. The van der Waals surface area contributed by atoms with Crippen LogP contribution in [-0.4, -0.2) is 50.9 Å². The number of hydrogen-bond acceptors (Lipinski definition) is 5.